The number of piperidine rings is 1. The Morgan fingerprint density at radius 3 is 2.20 bits per heavy atom. The number of hydrogen-bond acceptors (Lipinski definition) is 2. The second kappa shape index (κ2) is 3.21. The zero-order valence-corrected chi connectivity index (χ0v) is 10.1. The molecule has 0 amide bonds. The van der Waals surface area contributed by atoms with E-state index >= 15 is 0 Å². The molecule has 2 nitrogen and oxygen atoms in total. The van der Waals surface area contributed by atoms with Gasteiger partial charge in [-0.05, 0) is 43.4 Å². The molecule has 15 heavy (non-hydrogen) atoms. The predicted molar refractivity (Wildman–Crippen MR) is 62.6 cm³/mol. The van der Waals surface area contributed by atoms with E-state index in [-0.39, 0.29) is 0 Å². The predicted octanol–water partition coefficient (Wildman–Crippen LogP) is 1.99. The van der Waals surface area contributed by atoms with Gasteiger partial charge in [-0.25, -0.2) is 0 Å². The molecule has 0 aromatic heterocycles. The van der Waals surface area contributed by atoms with Crippen LogP contribution in [0.4, 0.5) is 0 Å². The van der Waals surface area contributed by atoms with Crippen LogP contribution in [0.2, 0.25) is 0 Å². The van der Waals surface area contributed by atoms with E-state index in [0.29, 0.717) is 11.5 Å². The first kappa shape index (κ1) is 10.1. The van der Waals surface area contributed by atoms with Gasteiger partial charge in [0.05, 0.1) is 0 Å². The van der Waals surface area contributed by atoms with Crippen LogP contribution < -0.4 is 5.73 Å². The molecule has 0 aromatic carbocycles. The number of nitrogens with zero attached hydrogens (tertiary/aromatic N) is 1. The average molecular weight is 208 g/mol. The molecule has 0 radical (unpaired) electrons. The summed E-state index contributed by atoms with van der Waals surface area (Å²) in [6.45, 7) is 6.18. The van der Waals surface area contributed by atoms with Gasteiger partial charge >= 0.3 is 0 Å². The van der Waals surface area contributed by atoms with E-state index in [2.05, 4.69) is 18.7 Å². The molecule has 3 aliphatic rings. The lowest BCUT2D eigenvalue weighted by atomic mass is 9.97. The molecule has 86 valence electrons. The largest absolute Gasteiger partial charge is 0.328 e. The highest BCUT2D eigenvalue weighted by Crippen LogP contribution is 2.53. The van der Waals surface area contributed by atoms with Crippen molar-refractivity contribution in [1.29, 1.82) is 0 Å². The van der Waals surface area contributed by atoms with E-state index in [1.165, 1.54) is 38.6 Å². The first-order valence-corrected chi connectivity index (χ1v) is 6.57. The normalized spacial score (nSPS) is 48.2. The van der Waals surface area contributed by atoms with Crippen molar-refractivity contribution in [2.45, 2.75) is 64.1 Å². The van der Waals surface area contributed by atoms with Crippen LogP contribution in [0.25, 0.3) is 0 Å². The Bertz CT molecular complexity index is 247. The van der Waals surface area contributed by atoms with Crippen LogP contribution in [0.5, 0.6) is 0 Å². The van der Waals surface area contributed by atoms with Crippen molar-refractivity contribution in [2.24, 2.45) is 17.1 Å². The highest BCUT2D eigenvalue weighted by molar-refractivity contribution is 5.02. The van der Waals surface area contributed by atoms with Crippen molar-refractivity contribution in [3.05, 3.63) is 0 Å². The Morgan fingerprint density at radius 2 is 1.73 bits per heavy atom. The first-order chi connectivity index (χ1) is 7.06. The zero-order chi connectivity index (χ0) is 10.6. The lowest BCUT2D eigenvalue weighted by molar-refractivity contribution is 0.117. The van der Waals surface area contributed by atoms with Gasteiger partial charge in [0.1, 0.15) is 0 Å². The maximum absolute atomic E-state index is 6.09. The summed E-state index contributed by atoms with van der Waals surface area (Å²) in [5.74, 6) is 0.968. The van der Waals surface area contributed by atoms with Crippen LogP contribution in [0.3, 0.4) is 0 Å². The summed E-state index contributed by atoms with van der Waals surface area (Å²) in [7, 11) is 0. The number of nitrogens with two attached hydrogens (primary N) is 1. The van der Waals surface area contributed by atoms with Crippen LogP contribution in [-0.2, 0) is 0 Å². The molecule has 2 heteroatoms. The summed E-state index contributed by atoms with van der Waals surface area (Å²) in [5.41, 5.74) is 6.73. The van der Waals surface area contributed by atoms with E-state index in [1.54, 1.807) is 0 Å². The first-order valence-electron chi connectivity index (χ1n) is 6.57. The Morgan fingerprint density at radius 1 is 1.20 bits per heavy atom. The van der Waals surface area contributed by atoms with E-state index in [9.17, 15) is 0 Å². The van der Waals surface area contributed by atoms with Gasteiger partial charge in [0, 0.05) is 24.7 Å². The van der Waals surface area contributed by atoms with Crippen LogP contribution in [0.15, 0.2) is 0 Å². The van der Waals surface area contributed by atoms with Gasteiger partial charge < -0.3 is 5.73 Å². The van der Waals surface area contributed by atoms with Gasteiger partial charge in [0.15, 0.2) is 0 Å². The molecule has 2 aliphatic heterocycles. The summed E-state index contributed by atoms with van der Waals surface area (Å²) in [5, 5.41) is 0. The third-order valence-corrected chi connectivity index (χ3v) is 5.07. The van der Waals surface area contributed by atoms with Gasteiger partial charge in [-0.15, -0.1) is 0 Å². The van der Waals surface area contributed by atoms with Crippen LogP contribution in [0.1, 0.15) is 46.0 Å². The third-order valence-electron chi connectivity index (χ3n) is 5.07. The van der Waals surface area contributed by atoms with Crippen LogP contribution in [0, 0.1) is 11.3 Å². The van der Waals surface area contributed by atoms with Gasteiger partial charge in [-0.3, -0.25) is 4.90 Å². The van der Waals surface area contributed by atoms with Gasteiger partial charge in [-0.1, -0.05) is 13.8 Å². The lowest BCUT2D eigenvalue weighted by Crippen LogP contribution is -2.48. The molecule has 1 aliphatic carbocycles. The molecule has 3 rings (SSSR count). The molecule has 2 bridgehead atoms. The fourth-order valence-electron chi connectivity index (χ4n) is 3.76. The molecular weight excluding hydrogens is 184 g/mol. The Labute approximate surface area is 93.2 Å². The summed E-state index contributed by atoms with van der Waals surface area (Å²) >= 11 is 0. The molecule has 3 fully saturated rings. The second-order valence-electron chi connectivity index (χ2n) is 6.70. The molecule has 2 N–H and O–H groups in total. The van der Waals surface area contributed by atoms with Gasteiger partial charge in [0.25, 0.3) is 0 Å². The highest BCUT2D eigenvalue weighted by atomic mass is 15.2. The lowest BCUT2D eigenvalue weighted by Gasteiger charge is -2.38. The average Bonchev–Trinajstić information content (AvgIpc) is 2.67. The summed E-state index contributed by atoms with van der Waals surface area (Å²) < 4.78 is 0. The van der Waals surface area contributed by atoms with E-state index in [4.69, 9.17) is 5.73 Å². The van der Waals surface area contributed by atoms with Crippen molar-refractivity contribution in [1.82, 2.24) is 4.90 Å². The molecular formula is C13H24N2. The van der Waals surface area contributed by atoms with Crippen molar-refractivity contribution in [3.8, 4) is 0 Å². The van der Waals surface area contributed by atoms with Crippen molar-refractivity contribution in [2.75, 3.05) is 6.54 Å². The summed E-state index contributed by atoms with van der Waals surface area (Å²) in [4.78, 5) is 2.79. The quantitative estimate of drug-likeness (QED) is 0.752. The number of rotatable bonds is 2. The minimum atomic E-state index is 0.492. The molecule has 2 saturated heterocycles. The maximum Gasteiger partial charge on any atom is 0.0114 e. The zero-order valence-electron chi connectivity index (χ0n) is 10.1. The van der Waals surface area contributed by atoms with Crippen LogP contribution in [-0.4, -0.2) is 29.6 Å². The van der Waals surface area contributed by atoms with Crippen molar-refractivity contribution >= 4 is 0 Å². The highest BCUT2D eigenvalue weighted by Gasteiger charge is 2.49. The monoisotopic (exact) mass is 208 g/mol. The van der Waals surface area contributed by atoms with Crippen molar-refractivity contribution < 1.29 is 0 Å². The molecule has 0 spiro atoms. The molecule has 3 atom stereocenters. The standard InChI is InChI=1S/C13H24N2/c1-13(2)7-9(13)8-15-11-3-4-12(15)6-10(14)5-11/h9-12H,3-8,14H2,1-2H3. The smallest absolute Gasteiger partial charge is 0.0114 e. The summed E-state index contributed by atoms with van der Waals surface area (Å²) in [6, 6.07) is 2.15. The molecule has 3 unspecified atom stereocenters. The Balaban J connectivity index is 1.63. The maximum atomic E-state index is 6.09. The second-order valence-corrected chi connectivity index (χ2v) is 6.70. The van der Waals surface area contributed by atoms with E-state index in [0.717, 1.165) is 18.0 Å². The fourth-order valence-corrected chi connectivity index (χ4v) is 3.76. The van der Waals surface area contributed by atoms with E-state index in [1.807, 2.05) is 0 Å². The van der Waals surface area contributed by atoms with Gasteiger partial charge in [-0.2, -0.15) is 0 Å². The van der Waals surface area contributed by atoms with Crippen molar-refractivity contribution in [3.63, 3.8) is 0 Å². The minimum Gasteiger partial charge on any atom is -0.328 e. The minimum absolute atomic E-state index is 0.492. The van der Waals surface area contributed by atoms with Crippen LogP contribution >= 0.6 is 0 Å². The number of fused-ring (bicyclic) bond motifs is 2. The summed E-state index contributed by atoms with van der Waals surface area (Å²) in [6.07, 6.45) is 6.76. The topological polar surface area (TPSA) is 29.3 Å². The molecule has 0 aromatic rings. The third kappa shape index (κ3) is 1.72. The van der Waals surface area contributed by atoms with Gasteiger partial charge in [0.2, 0.25) is 0 Å². The molecule has 1 saturated carbocycles. The Kier molecular flexibility index (Phi) is 2.16. The fraction of sp³-hybridized carbons (Fsp3) is 1.00. The Hall–Kier alpha value is -0.0800. The number of hydrogen-bond donors (Lipinski definition) is 1. The SMILES string of the molecule is CC1(C)CC1CN1C2CCC1CC(N)C2. The van der Waals surface area contributed by atoms with E-state index < -0.39 is 0 Å². The molecule has 2 heterocycles.